The highest BCUT2D eigenvalue weighted by atomic mass is 16.6. The number of allylic oxidation sites excluding steroid dienone is 1. The minimum absolute atomic E-state index is 0.0374. The third-order valence-corrected chi connectivity index (χ3v) is 4.47. The molecule has 0 radical (unpaired) electrons. The van der Waals surface area contributed by atoms with Crippen molar-refractivity contribution in [3.63, 3.8) is 0 Å². The minimum atomic E-state index is -1.08. The van der Waals surface area contributed by atoms with Crippen molar-refractivity contribution in [1.82, 2.24) is 15.1 Å². The number of amides is 1. The van der Waals surface area contributed by atoms with Gasteiger partial charge in [-0.15, -0.1) is 0 Å². The fourth-order valence-electron chi connectivity index (χ4n) is 3.25. The van der Waals surface area contributed by atoms with E-state index in [9.17, 15) is 9.59 Å². The maximum absolute atomic E-state index is 12.8. The molecule has 1 saturated heterocycles. The Kier molecular flexibility index (Phi) is 9.79. The average Bonchev–Trinajstić information content (AvgIpc) is 2.62. The number of carbonyl (C=O) groups excluding carboxylic acids is 2. The number of nitrogens with one attached hydrogen (secondary N) is 1. The number of nitriles is 1. The molecule has 1 aliphatic heterocycles. The van der Waals surface area contributed by atoms with Crippen molar-refractivity contribution in [2.75, 3.05) is 26.2 Å². The molecule has 1 heterocycles. The summed E-state index contributed by atoms with van der Waals surface area (Å²) in [7, 11) is 0. The Labute approximate surface area is 179 Å². The van der Waals surface area contributed by atoms with Gasteiger partial charge in [-0.25, -0.2) is 9.69 Å². The number of carbonyl (C=O) groups is 2. The second kappa shape index (κ2) is 11.6. The van der Waals surface area contributed by atoms with Gasteiger partial charge in [0.1, 0.15) is 18.5 Å². The van der Waals surface area contributed by atoms with Crippen LogP contribution < -0.4 is 5.32 Å². The summed E-state index contributed by atoms with van der Waals surface area (Å²) in [6, 6.07) is 0. The SMILES string of the molecule is CCOC(=O)CN(CC=C(C)C)C1(NC(=O)OC(C)(C)C)CCCCN1C=NC#N. The summed E-state index contributed by atoms with van der Waals surface area (Å²) in [4.78, 5) is 32.5. The Morgan fingerprint density at radius 3 is 2.60 bits per heavy atom. The third kappa shape index (κ3) is 8.03. The molecule has 0 aromatic heterocycles. The lowest BCUT2D eigenvalue weighted by Crippen LogP contribution is -2.72. The first-order valence-corrected chi connectivity index (χ1v) is 10.3. The molecule has 0 aromatic rings. The summed E-state index contributed by atoms with van der Waals surface area (Å²) < 4.78 is 10.7. The molecule has 9 heteroatoms. The lowest BCUT2D eigenvalue weighted by atomic mass is 10.0. The molecule has 0 saturated carbocycles. The van der Waals surface area contributed by atoms with Crippen molar-refractivity contribution < 1.29 is 19.1 Å². The van der Waals surface area contributed by atoms with Crippen LogP contribution in [-0.2, 0) is 14.3 Å². The van der Waals surface area contributed by atoms with E-state index in [4.69, 9.17) is 14.7 Å². The molecular weight excluding hydrogens is 386 g/mol. The maximum Gasteiger partial charge on any atom is 0.410 e. The first-order chi connectivity index (χ1) is 14.0. The van der Waals surface area contributed by atoms with Crippen molar-refractivity contribution in [3.05, 3.63) is 11.6 Å². The number of rotatable bonds is 8. The quantitative estimate of drug-likeness (QED) is 0.160. The van der Waals surface area contributed by atoms with Crippen LogP contribution in [0.25, 0.3) is 0 Å². The number of likely N-dealkylation sites (tertiary alicyclic amines) is 1. The Bertz CT molecular complexity index is 688. The minimum Gasteiger partial charge on any atom is -0.465 e. The largest absolute Gasteiger partial charge is 0.465 e. The summed E-state index contributed by atoms with van der Waals surface area (Å²) in [5, 5.41) is 11.9. The number of alkyl carbamates (subject to hydrolysis) is 1. The van der Waals surface area contributed by atoms with Crippen LogP contribution in [0.15, 0.2) is 16.6 Å². The number of hydrogen-bond donors (Lipinski definition) is 1. The molecular formula is C21H35N5O4. The van der Waals surface area contributed by atoms with Gasteiger partial charge in [0.15, 0.2) is 5.79 Å². The molecule has 30 heavy (non-hydrogen) atoms. The monoisotopic (exact) mass is 421 g/mol. The second-order valence-corrected chi connectivity index (χ2v) is 8.41. The van der Waals surface area contributed by atoms with Crippen molar-refractivity contribution in [2.45, 2.75) is 72.2 Å². The smallest absolute Gasteiger partial charge is 0.410 e. The zero-order valence-electron chi connectivity index (χ0n) is 19.0. The fraction of sp³-hybridized carbons (Fsp3) is 0.714. The Morgan fingerprint density at radius 1 is 1.33 bits per heavy atom. The van der Waals surface area contributed by atoms with E-state index in [1.54, 1.807) is 38.8 Å². The molecule has 9 nitrogen and oxygen atoms in total. The normalized spacial score (nSPS) is 19.3. The predicted octanol–water partition coefficient (Wildman–Crippen LogP) is 2.99. The van der Waals surface area contributed by atoms with Gasteiger partial charge in [-0.1, -0.05) is 11.6 Å². The van der Waals surface area contributed by atoms with E-state index < -0.39 is 23.5 Å². The summed E-state index contributed by atoms with van der Waals surface area (Å²) in [6.45, 7) is 12.2. The van der Waals surface area contributed by atoms with Gasteiger partial charge in [0.05, 0.1) is 6.61 Å². The molecule has 0 aliphatic carbocycles. The number of ether oxygens (including phenoxy) is 2. The van der Waals surface area contributed by atoms with Gasteiger partial charge in [0, 0.05) is 19.5 Å². The zero-order valence-corrected chi connectivity index (χ0v) is 19.0. The van der Waals surface area contributed by atoms with Gasteiger partial charge < -0.3 is 14.4 Å². The van der Waals surface area contributed by atoms with Gasteiger partial charge in [-0.2, -0.15) is 10.3 Å². The van der Waals surface area contributed by atoms with E-state index in [1.165, 1.54) is 6.34 Å². The van der Waals surface area contributed by atoms with Crippen LogP contribution in [0.1, 0.15) is 60.8 Å². The highest BCUT2D eigenvalue weighted by Gasteiger charge is 2.46. The second-order valence-electron chi connectivity index (χ2n) is 8.41. The van der Waals surface area contributed by atoms with Crippen molar-refractivity contribution in [2.24, 2.45) is 4.99 Å². The molecule has 1 rings (SSSR count). The number of piperidine rings is 1. The highest BCUT2D eigenvalue weighted by molar-refractivity contribution is 5.73. The summed E-state index contributed by atoms with van der Waals surface area (Å²) in [6.07, 6.45) is 6.76. The molecule has 1 amide bonds. The molecule has 1 unspecified atom stereocenters. The maximum atomic E-state index is 12.8. The molecule has 1 aliphatic rings. The summed E-state index contributed by atoms with van der Waals surface area (Å²) >= 11 is 0. The van der Waals surface area contributed by atoms with Gasteiger partial charge in [0.25, 0.3) is 0 Å². The molecule has 0 bridgehead atoms. The van der Waals surface area contributed by atoms with Crippen LogP contribution in [0.4, 0.5) is 4.79 Å². The first kappa shape index (κ1) is 25.4. The van der Waals surface area contributed by atoms with Crippen molar-refractivity contribution in [3.8, 4) is 6.19 Å². The van der Waals surface area contributed by atoms with Crippen molar-refractivity contribution in [1.29, 1.82) is 5.26 Å². The zero-order chi connectivity index (χ0) is 22.8. The van der Waals surface area contributed by atoms with Gasteiger partial charge in [0.2, 0.25) is 6.19 Å². The van der Waals surface area contributed by atoms with E-state index in [-0.39, 0.29) is 13.2 Å². The van der Waals surface area contributed by atoms with Gasteiger partial charge in [-0.3, -0.25) is 10.1 Å². The Morgan fingerprint density at radius 2 is 2.03 bits per heavy atom. The number of nitrogens with zero attached hydrogens (tertiary/aromatic N) is 4. The summed E-state index contributed by atoms with van der Waals surface area (Å²) in [5.74, 6) is -1.48. The van der Waals surface area contributed by atoms with E-state index in [2.05, 4.69) is 10.3 Å². The number of aliphatic imine (C=N–C) groups is 1. The van der Waals surface area contributed by atoms with E-state index in [0.717, 1.165) is 18.4 Å². The molecule has 1 N–H and O–H groups in total. The highest BCUT2D eigenvalue weighted by Crippen LogP contribution is 2.29. The van der Waals surface area contributed by atoms with Crippen LogP contribution in [0.5, 0.6) is 0 Å². The van der Waals surface area contributed by atoms with Crippen LogP contribution >= 0.6 is 0 Å². The van der Waals surface area contributed by atoms with E-state index >= 15 is 0 Å². The van der Waals surface area contributed by atoms with Crippen LogP contribution in [0.2, 0.25) is 0 Å². The van der Waals surface area contributed by atoms with Crippen LogP contribution in [0.3, 0.4) is 0 Å². The standard InChI is InChI=1S/C21H35N5O4/c1-7-29-18(27)14-25(13-10-17(2)3)21(24-19(28)30-20(4,5)6)11-8-9-12-26(21)16-23-15-22/h10,16H,7-9,11-14H2,1-6H3,(H,24,28). The number of hydrogen-bond acceptors (Lipinski definition) is 7. The lowest BCUT2D eigenvalue weighted by Gasteiger charge is -2.52. The van der Waals surface area contributed by atoms with E-state index in [0.29, 0.717) is 19.5 Å². The molecule has 1 fully saturated rings. The molecule has 168 valence electrons. The lowest BCUT2D eigenvalue weighted by molar-refractivity contribution is -0.150. The van der Waals surface area contributed by atoms with E-state index in [1.807, 2.05) is 24.8 Å². The van der Waals surface area contributed by atoms with Crippen molar-refractivity contribution >= 4 is 18.4 Å². The van der Waals surface area contributed by atoms with Crippen LogP contribution in [-0.4, -0.2) is 65.8 Å². The third-order valence-electron chi connectivity index (χ3n) is 4.47. The van der Waals surface area contributed by atoms with Gasteiger partial charge >= 0.3 is 12.1 Å². The molecule has 0 spiro atoms. The molecule has 0 aromatic carbocycles. The van der Waals surface area contributed by atoms with Gasteiger partial charge in [-0.05, 0) is 54.4 Å². The predicted molar refractivity (Wildman–Crippen MR) is 114 cm³/mol. The van der Waals surface area contributed by atoms with Crippen LogP contribution in [0, 0.1) is 11.5 Å². The first-order valence-electron chi connectivity index (χ1n) is 10.3. The number of esters is 1. The Hall–Kier alpha value is -2.60. The average molecular weight is 422 g/mol. The summed E-state index contributed by atoms with van der Waals surface area (Å²) in [5.41, 5.74) is 0.390. The molecule has 1 atom stereocenters. The fourth-order valence-corrected chi connectivity index (χ4v) is 3.25. The topological polar surface area (TPSA) is 107 Å². The Balaban J connectivity index is 3.40.